The van der Waals surface area contributed by atoms with E-state index in [1.54, 1.807) is 0 Å². The number of ketones is 1. The SMILES string of the molecule is CCC1CCCCC1C(=O)C1(C)CCCNC1. The van der Waals surface area contributed by atoms with Crippen LogP contribution in [0.3, 0.4) is 0 Å². The predicted octanol–water partition coefficient (Wildman–Crippen LogP) is 3.16. The Morgan fingerprint density at radius 2 is 2.06 bits per heavy atom. The maximum atomic E-state index is 12.8. The molecule has 0 aromatic carbocycles. The van der Waals surface area contributed by atoms with Crippen LogP contribution >= 0.6 is 0 Å². The maximum absolute atomic E-state index is 12.8. The fourth-order valence-corrected chi connectivity index (χ4v) is 3.76. The van der Waals surface area contributed by atoms with E-state index in [0.717, 1.165) is 32.4 Å². The van der Waals surface area contributed by atoms with Crippen LogP contribution in [0.5, 0.6) is 0 Å². The van der Waals surface area contributed by atoms with E-state index >= 15 is 0 Å². The lowest BCUT2D eigenvalue weighted by molar-refractivity contribution is -0.136. The average Bonchev–Trinajstić information content (AvgIpc) is 2.38. The van der Waals surface area contributed by atoms with Crippen molar-refractivity contribution in [1.29, 1.82) is 0 Å². The van der Waals surface area contributed by atoms with Gasteiger partial charge in [-0.05, 0) is 38.1 Å². The number of rotatable bonds is 3. The first-order valence-electron chi connectivity index (χ1n) is 7.42. The smallest absolute Gasteiger partial charge is 0.143 e. The quantitative estimate of drug-likeness (QED) is 0.817. The highest BCUT2D eigenvalue weighted by Crippen LogP contribution is 2.39. The van der Waals surface area contributed by atoms with Crippen LogP contribution in [0.25, 0.3) is 0 Å². The molecule has 1 aliphatic heterocycles. The summed E-state index contributed by atoms with van der Waals surface area (Å²) in [4.78, 5) is 12.8. The summed E-state index contributed by atoms with van der Waals surface area (Å²) in [6.45, 7) is 6.42. The molecule has 0 aromatic rings. The highest BCUT2D eigenvalue weighted by molar-refractivity contribution is 5.87. The molecule has 1 saturated carbocycles. The molecule has 2 rings (SSSR count). The van der Waals surface area contributed by atoms with Gasteiger partial charge >= 0.3 is 0 Å². The minimum atomic E-state index is -0.0757. The van der Waals surface area contributed by atoms with Gasteiger partial charge in [0.15, 0.2) is 0 Å². The topological polar surface area (TPSA) is 29.1 Å². The van der Waals surface area contributed by atoms with Gasteiger partial charge in [-0.25, -0.2) is 0 Å². The molecule has 0 amide bonds. The average molecular weight is 237 g/mol. The van der Waals surface area contributed by atoms with E-state index in [2.05, 4.69) is 19.2 Å². The summed E-state index contributed by atoms with van der Waals surface area (Å²) in [6.07, 6.45) is 8.44. The summed E-state index contributed by atoms with van der Waals surface area (Å²) < 4.78 is 0. The molecule has 1 heterocycles. The van der Waals surface area contributed by atoms with E-state index in [-0.39, 0.29) is 5.41 Å². The van der Waals surface area contributed by atoms with Gasteiger partial charge in [0.25, 0.3) is 0 Å². The first-order valence-corrected chi connectivity index (χ1v) is 7.42. The van der Waals surface area contributed by atoms with Gasteiger partial charge in [-0.2, -0.15) is 0 Å². The number of nitrogens with one attached hydrogen (secondary N) is 1. The van der Waals surface area contributed by atoms with Crippen LogP contribution in [0.2, 0.25) is 0 Å². The first kappa shape index (κ1) is 13.1. The lowest BCUT2D eigenvalue weighted by Crippen LogP contribution is -2.47. The van der Waals surface area contributed by atoms with Crippen molar-refractivity contribution in [3.63, 3.8) is 0 Å². The van der Waals surface area contributed by atoms with Crippen molar-refractivity contribution in [3.8, 4) is 0 Å². The Bertz CT molecular complexity index is 268. The maximum Gasteiger partial charge on any atom is 0.143 e. The molecule has 2 fully saturated rings. The van der Waals surface area contributed by atoms with Gasteiger partial charge in [-0.15, -0.1) is 0 Å². The minimum Gasteiger partial charge on any atom is -0.316 e. The highest BCUT2D eigenvalue weighted by Gasteiger charge is 2.41. The lowest BCUT2D eigenvalue weighted by Gasteiger charge is -2.39. The summed E-state index contributed by atoms with van der Waals surface area (Å²) >= 11 is 0. The molecule has 17 heavy (non-hydrogen) atoms. The van der Waals surface area contributed by atoms with Gasteiger partial charge in [0.05, 0.1) is 0 Å². The van der Waals surface area contributed by atoms with Crippen molar-refractivity contribution < 1.29 is 4.79 Å². The van der Waals surface area contributed by atoms with Gasteiger partial charge in [0.2, 0.25) is 0 Å². The Kier molecular flexibility index (Phi) is 4.24. The van der Waals surface area contributed by atoms with Crippen LogP contribution in [0, 0.1) is 17.3 Å². The van der Waals surface area contributed by atoms with Crippen LogP contribution in [-0.2, 0) is 4.79 Å². The number of carbonyl (C=O) groups excluding carboxylic acids is 1. The second-order valence-corrected chi connectivity index (χ2v) is 6.26. The molecule has 1 N–H and O–H groups in total. The molecule has 98 valence electrons. The third-order valence-corrected chi connectivity index (χ3v) is 4.96. The molecule has 3 atom stereocenters. The summed E-state index contributed by atoms with van der Waals surface area (Å²) in [5.41, 5.74) is -0.0757. The van der Waals surface area contributed by atoms with E-state index in [4.69, 9.17) is 0 Å². The molecule has 1 aliphatic carbocycles. The van der Waals surface area contributed by atoms with E-state index in [0.29, 0.717) is 17.6 Å². The fraction of sp³-hybridized carbons (Fsp3) is 0.933. The van der Waals surface area contributed by atoms with E-state index in [1.807, 2.05) is 0 Å². The summed E-state index contributed by atoms with van der Waals surface area (Å²) in [5, 5.41) is 3.41. The van der Waals surface area contributed by atoms with Crippen LogP contribution < -0.4 is 5.32 Å². The molecule has 2 heteroatoms. The van der Waals surface area contributed by atoms with E-state index in [1.165, 1.54) is 25.7 Å². The molecule has 0 aromatic heterocycles. The second-order valence-electron chi connectivity index (χ2n) is 6.26. The van der Waals surface area contributed by atoms with Crippen molar-refractivity contribution in [2.24, 2.45) is 17.3 Å². The Balaban J connectivity index is 2.06. The monoisotopic (exact) mass is 237 g/mol. The third-order valence-electron chi connectivity index (χ3n) is 4.96. The molecular weight excluding hydrogens is 210 g/mol. The fourth-order valence-electron chi connectivity index (χ4n) is 3.76. The Hall–Kier alpha value is -0.370. The number of hydrogen-bond acceptors (Lipinski definition) is 2. The predicted molar refractivity (Wildman–Crippen MR) is 71.0 cm³/mol. The largest absolute Gasteiger partial charge is 0.316 e. The van der Waals surface area contributed by atoms with Crippen LogP contribution in [0.4, 0.5) is 0 Å². The van der Waals surface area contributed by atoms with E-state index < -0.39 is 0 Å². The normalized spacial score (nSPS) is 38.9. The number of Topliss-reactive ketones (excluding diaryl/α,β-unsaturated/α-hetero) is 1. The zero-order chi connectivity index (χ0) is 12.3. The molecule has 2 aliphatic rings. The van der Waals surface area contributed by atoms with Gasteiger partial charge < -0.3 is 5.32 Å². The third kappa shape index (κ3) is 2.73. The summed E-state index contributed by atoms with van der Waals surface area (Å²) in [6, 6.07) is 0. The summed E-state index contributed by atoms with van der Waals surface area (Å²) in [7, 11) is 0. The van der Waals surface area contributed by atoms with Crippen LogP contribution in [-0.4, -0.2) is 18.9 Å². The molecule has 3 unspecified atom stereocenters. The Morgan fingerprint density at radius 1 is 1.29 bits per heavy atom. The highest BCUT2D eigenvalue weighted by atomic mass is 16.1. The minimum absolute atomic E-state index is 0.0757. The molecule has 0 spiro atoms. The van der Waals surface area contributed by atoms with Gasteiger partial charge in [-0.1, -0.05) is 33.1 Å². The molecular formula is C15H27NO. The number of carbonyl (C=O) groups is 1. The van der Waals surface area contributed by atoms with Crippen LogP contribution in [0.15, 0.2) is 0 Å². The zero-order valence-corrected chi connectivity index (χ0v) is 11.4. The number of hydrogen-bond donors (Lipinski definition) is 1. The molecule has 1 saturated heterocycles. The van der Waals surface area contributed by atoms with Crippen molar-refractivity contribution in [2.45, 2.75) is 58.8 Å². The summed E-state index contributed by atoms with van der Waals surface area (Å²) in [5.74, 6) is 1.59. The second kappa shape index (κ2) is 5.51. The van der Waals surface area contributed by atoms with Gasteiger partial charge in [-0.3, -0.25) is 4.79 Å². The Labute approximate surface area is 106 Å². The first-order chi connectivity index (χ1) is 8.17. The van der Waals surface area contributed by atoms with Crippen molar-refractivity contribution in [3.05, 3.63) is 0 Å². The van der Waals surface area contributed by atoms with Crippen LogP contribution in [0.1, 0.15) is 58.8 Å². The molecule has 0 radical (unpaired) electrons. The van der Waals surface area contributed by atoms with Crippen molar-refractivity contribution >= 4 is 5.78 Å². The lowest BCUT2D eigenvalue weighted by atomic mass is 9.66. The standard InChI is InChI=1S/C15H27NO/c1-3-12-7-4-5-8-13(12)14(17)15(2)9-6-10-16-11-15/h12-13,16H,3-11H2,1-2H3. The Morgan fingerprint density at radius 3 is 2.71 bits per heavy atom. The zero-order valence-electron chi connectivity index (χ0n) is 11.4. The van der Waals surface area contributed by atoms with Crippen molar-refractivity contribution in [2.75, 3.05) is 13.1 Å². The molecule has 0 bridgehead atoms. The number of piperidine rings is 1. The van der Waals surface area contributed by atoms with Gasteiger partial charge in [0, 0.05) is 17.9 Å². The van der Waals surface area contributed by atoms with E-state index in [9.17, 15) is 4.79 Å². The van der Waals surface area contributed by atoms with Crippen molar-refractivity contribution in [1.82, 2.24) is 5.32 Å². The molecule has 2 nitrogen and oxygen atoms in total. The van der Waals surface area contributed by atoms with Gasteiger partial charge in [0.1, 0.15) is 5.78 Å².